The van der Waals surface area contributed by atoms with Crippen molar-refractivity contribution in [1.29, 1.82) is 0 Å². The highest BCUT2D eigenvalue weighted by Gasteiger charge is 2.09. The van der Waals surface area contributed by atoms with Crippen molar-refractivity contribution in [2.24, 2.45) is 0 Å². The monoisotopic (exact) mass is 394 g/mol. The molecule has 142 valence electrons. The molecule has 28 heavy (non-hydrogen) atoms. The minimum absolute atomic E-state index is 0.497. The van der Waals surface area contributed by atoms with E-state index in [1.165, 1.54) is 0 Å². The van der Waals surface area contributed by atoms with Crippen molar-refractivity contribution in [3.05, 3.63) is 77.1 Å². The summed E-state index contributed by atoms with van der Waals surface area (Å²) in [6.45, 7) is 1.95. The Balaban J connectivity index is 1.50. The lowest BCUT2D eigenvalue weighted by atomic mass is 10.1. The van der Waals surface area contributed by atoms with Crippen LogP contribution in [0.2, 0.25) is 5.02 Å². The summed E-state index contributed by atoms with van der Waals surface area (Å²) in [7, 11) is 1.64. The van der Waals surface area contributed by atoms with Gasteiger partial charge in [0.05, 0.1) is 24.8 Å². The quantitative estimate of drug-likeness (QED) is 0.509. The summed E-state index contributed by atoms with van der Waals surface area (Å²) in [6, 6.07) is 13.5. The molecule has 0 atom stereocenters. The first-order chi connectivity index (χ1) is 13.6. The predicted octanol–water partition coefficient (Wildman–Crippen LogP) is 4.30. The molecule has 0 fully saturated rings. The SMILES string of the molecule is COc1cc(Nc2n[nH]c(Cc3ccc(Cl)cc3)n2)ccc1-n1cnc(C)c1. The minimum atomic E-state index is 0.497. The van der Waals surface area contributed by atoms with E-state index in [0.717, 1.165) is 34.2 Å². The van der Waals surface area contributed by atoms with Gasteiger partial charge < -0.3 is 14.6 Å². The molecule has 0 aliphatic rings. The molecule has 0 unspecified atom stereocenters. The topological polar surface area (TPSA) is 80.6 Å². The Bertz CT molecular complexity index is 1090. The zero-order valence-corrected chi connectivity index (χ0v) is 16.2. The normalized spacial score (nSPS) is 10.8. The highest BCUT2D eigenvalue weighted by molar-refractivity contribution is 6.30. The maximum absolute atomic E-state index is 5.92. The van der Waals surface area contributed by atoms with Gasteiger partial charge in [-0.3, -0.25) is 5.10 Å². The maximum atomic E-state index is 5.92. The van der Waals surface area contributed by atoms with Crippen molar-refractivity contribution in [1.82, 2.24) is 24.7 Å². The number of hydrogen-bond acceptors (Lipinski definition) is 5. The maximum Gasteiger partial charge on any atom is 0.246 e. The molecule has 0 saturated carbocycles. The number of anilines is 2. The number of aryl methyl sites for hydroxylation is 1. The number of benzene rings is 2. The first-order valence-corrected chi connectivity index (χ1v) is 9.10. The highest BCUT2D eigenvalue weighted by atomic mass is 35.5. The van der Waals surface area contributed by atoms with Crippen molar-refractivity contribution >= 4 is 23.2 Å². The van der Waals surface area contributed by atoms with Crippen LogP contribution in [0.3, 0.4) is 0 Å². The number of nitrogens with one attached hydrogen (secondary N) is 2. The minimum Gasteiger partial charge on any atom is -0.494 e. The van der Waals surface area contributed by atoms with Crippen LogP contribution in [0.25, 0.3) is 5.69 Å². The molecule has 2 N–H and O–H groups in total. The number of aromatic amines is 1. The largest absolute Gasteiger partial charge is 0.494 e. The van der Waals surface area contributed by atoms with Gasteiger partial charge in [-0.05, 0) is 36.8 Å². The van der Waals surface area contributed by atoms with Crippen LogP contribution in [0.4, 0.5) is 11.6 Å². The van der Waals surface area contributed by atoms with Crippen LogP contribution in [0, 0.1) is 6.92 Å². The molecule has 2 aromatic heterocycles. The molecular formula is C20H19ClN6O. The Morgan fingerprint density at radius 2 is 2.00 bits per heavy atom. The lowest BCUT2D eigenvalue weighted by molar-refractivity contribution is 0.413. The van der Waals surface area contributed by atoms with Crippen molar-refractivity contribution in [3.63, 3.8) is 0 Å². The van der Waals surface area contributed by atoms with E-state index in [1.807, 2.05) is 60.2 Å². The zero-order chi connectivity index (χ0) is 19.5. The standard InChI is InChI=1S/C20H19ClN6O/c1-13-11-27(12-22-13)17-8-7-16(10-18(17)28-2)23-20-24-19(25-26-20)9-14-3-5-15(21)6-4-14/h3-8,10-12H,9H2,1-2H3,(H2,23,24,25,26). The van der Waals surface area contributed by atoms with E-state index < -0.39 is 0 Å². The van der Waals surface area contributed by atoms with Crippen LogP contribution in [0.5, 0.6) is 5.75 Å². The second kappa shape index (κ2) is 7.74. The number of halogens is 1. The Morgan fingerprint density at radius 1 is 1.18 bits per heavy atom. The number of H-pyrrole nitrogens is 1. The van der Waals surface area contributed by atoms with Crippen molar-refractivity contribution in [2.75, 3.05) is 12.4 Å². The van der Waals surface area contributed by atoms with Crippen molar-refractivity contribution in [2.45, 2.75) is 13.3 Å². The summed E-state index contributed by atoms with van der Waals surface area (Å²) in [6.07, 6.45) is 4.36. The molecule has 0 saturated heterocycles. The Hall–Kier alpha value is -3.32. The number of methoxy groups -OCH3 is 1. The van der Waals surface area contributed by atoms with Gasteiger partial charge in [0, 0.05) is 29.4 Å². The molecule has 0 radical (unpaired) electrons. The lowest BCUT2D eigenvalue weighted by Gasteiger charge is -2.11. The average molecular weight is 395 g/mol. The second-order valence-electron chi connectivity index (χ2n) is 6.34. The van der Waals surface area contributed by atoms with Crippen LogP contribution < -0.4 is 10.1 Å². The van der Waals surface area contributed by atoms with Gasteiger partial charge in [-0.2, -0.15) is 4.98 Å². The molecule has 0 spiro atoms. The van der Waals surface area contributed by atoms with Gasteiger partial charge in [0.1, 0.15) is 11.6 Å². The third-order valence-electron chi connectivity index (χ3n) is 4.24. The van der Waals surface area contributed by atoms with E-state index in [1.54, 1.807) is 13.4 Å². The van der Waals surface area contributed by atoms with E-state index in [-0.39, 0.29) is 0 Å². The molecule has 0 bridgehead atoms. The number of rotatable bonds is 6. The van der Waals surface area contributed by atoms with Crippen LogP contribution in [0.15, 0.2) is 55.0 Å². The summed E-state index contributed by atoms with van der Waals surface area (Å²) in [5.41, 5.74) is 3.79. The molecule has 0 amide bonds. The molecule has 2 aromatic carbocycles. The third kappa shape index (κ3) is 3.99. The molecule has 0 aliphatic carbocycles. The van der Waals surface area contributed by atoms with Crippen LogP contribution >= 0.6 is 11.6 Å². The Labute approximate surface area is 167 Å². The number of imidazole rings is 1. The number of nitrogens with zero attached hydrogens (tertiary/aromatic N) is 4. The van der Waals surface area contributed by atoms with Gasteiger partial charge in [-0.15, -0.1) is 5.10 Å². The fourth-order valence-electron chi connectivity index (χ4n) is 2.88. The van der Waals surface area contributed by atoms with Crippen LogP contribution in [-0.2, 0) is 6.42 Å². The highest BCUT2D eigenvalue weighted by Crippen LogP contribution is 2.28. The first kappa shape index (κ1) is 18.1. The molecule has 4 rings (SSSR count). The van der Waals surface area contributed by atoms with Crippen LogP contribution in [0.1, 0.15) is 17.1 Å². The number of ether oxygens (including phenoxy) is 1. The van der Waals surface area contributed by atoms with E-state index in [2.05, 4.69) is 25.5 Å². The summed E-state index contributed by atoms with van der Waals surface area (Å²) in [5.74, 6) is 1.99. The average Bonchev–Trinajstić information content (AvgIpc) is 3.32. The molecule has 4 aromatic rings. The van der Waals surface area contributed by atoms with E-state index in [0.29, 0.717) is 17.4 Å². The number of aromatic nitrogens is 5. The lowest BCUT2D eigenvalue weighted by Crippen LogP contribution is -1.98. The van der Waals surface area contributed by atoms with Gasteiger partial charge in [-0.25, -0.2) is 4.98 Å². The third-order valence-corrected chi connectivity index (χ3v) is 4.49. The summed E-state index contributed by atoms with van der Waals surface area (Å²) < 4.78 is 7.46. The Morgan fingerprint density at radius 3 is 2.71 bits per heavy atom. The molecule has 0 aliphatic heterocycles. The summed E-state index contributed by atoms with van der Waals surface area (Å²) >= 11 is 5.92. The van der Waals surface area contributed by atoms with E-state index >= 15 is 0 Å². The summed E-state index contributed by atoms with van der Waals surface area (Å²) in [4.78, 5) is 8.76. The first-order valence-electron chi connectivity index (χ1n) is 8.72. The zero-order valence-electron chi connectivity index (χ0n) is 15.5. The Kier molecular flexibility index (Phi) is 4.99. The van der Waals surface area contributed by atoms with E-state index in [9.17, 15) is 0 Å². The fraction of sp³-hybridized carbons (Fsp3) is 0.150. The van der Waals surface area contributed by atoms with Crippen LogP contribution in [-0.4, -0.2) is 31.8 Å². The molecule has 8 heteroatoms. The van der Waals surface area contributed by atoms with Gasteiger partial charge in [0.15, 0.2) is 0 Å². The predicted molar refractivity (Wildman–Crippen MR) is 109 cm³/mol. The molecular weight excluding hydrogens is 376 g/mol. The second-order valence-corrected chi connectivity index (χ2v) is 6.78. The molecule has 2 heterocycles. The van der Waals surface area contributed by atoms with Gasteiger partial charge in [0.25, 0.3) is 0 Å². The van der Waals surface area contributed by atoms with E-state index in [4.69, 9.17) is 16.3 Å². The van der Waals surface area contributed by atoms with Gasteiger partial charge in [0.2, 0.25) is 5.95 Å². The summed E-state index contributed by atoms with van der Waals surface area (Å²) in [5, 5.41) is 11.1. The smallest absolute Gasteiger partial charge is 0.246 e. The number of hydrogen-bond donors (Lipinski definition) is 2. The van der Waals surface area contributed by atoms with Gasteiger partial charge >= 0.3 is 0 Å². The fourth-order valence-corrected chi connectivity index (χ4v) is 3.00. The van der Waals surface area contributed by atoms with Crippen molar-refractivity contribution in [3.8, 4) is 11.4 Å². The van der Waals surface area contributed by atoms with Crippen molar-refractivity contribution < 1.29 is 4.74 Å². The van der Waals surface area contributed by atoms with Gasteiger partial charge in [-0.1, -0.05) is 23.7 Å². The molecule has 7 nitrogen and oxygen atoms in total.